The Morgan fingerprint density at radius 1 is 1.36 bits per heavy atom. The zero-order chi connectivity index (χ0) is 10.6. The second-order valence-corrected chi connectivity index (χ2v) is 3.95. The standard InChI is InChI=1S/C10H21NO3/c1-7(2)14-9-6-8(11)10(9)13-5-4-12-3/h7-10H,4-6,11H2,1-3H3. The maximum Gasteiger partial charge on any atom is 0.0989 e. The highest BCUT2D eigenvalue weighted by molar-refractivity contribution is 4.95. The van der Waals surface area contributed by atoms with Gasteiger partial charge in [-0.05, 0) is 20.3 Å². The molecule has 0 aromatic heterocycles. The average Bonchev–Trinajstić information content (AvgIpc) is 2.11. The lowest BCUT2D eigenvalue weighted by Crippen LogP contribution is -2.58. The SMILES string of the molecule is COCCOC1C(N)CC1OC(C)C. The first-order valence-electron chi connectivity index (χ1n) is 5.16. The maximum atomic E-state index is 5.83. The number of hydrogen-bond acceptors (Lipinski definition) is 4. The molecule has 0 heterocycles. The van der Waals surface area contributed by atoms with Crippen molar-refractivity contribution < 1.29 is 14.2 Å². The van der Waals surface area contributed by atoms with Crippen molar-refractivity contribution in [1.29, 1.82) is 0 Å². The van der Waals surface area contributed by atoms with Gasteiger partial charge in [-0.1, -0.05) is 0 Å². The van der Waals surface area contributed by atoms with Gasteiger partial charge in [0.2, 0.25) is 0 Å². The van der Waals surface area contributed by atoms with Crippen LogP contribution in [0.15, 0.2) is 0 Å². The van der Waals surface area contributed by atoms with E-state index in [1.165, 1.54) is 0 Å². The number of methoxy groups -OCH3 is 1. The zero-order valence-electron chi connectivity index (χ0n) is 9.23. The van der Waals surface area contributed by atoms with E-state index in [4.69, 9.17) is 19.9 Å². The van der Waals surface area contributed by atoms with E-state index in [1.807, 2.05) is 13.8 Å². The lowest BCUT2D eigenvalue weighted by molar-refractivity contribution is -0.158. The normalized spacial score (nSPS) is 31.9. The molecule has 0 radical (unpaired) electrons. The summed E-state index contributed by atoms with van der Waals surface area (Å²) in [5.74, 6) is 0. The first-order chi connectivity index (χ1) is 6.65. The van der Waals surface area contributed by atoms with Crippen LogP contribution in [0.2, 0.25) is 0 Å². The summed E-state index contributed by atoms with van der Waals surface area (Å²) in [7, 11) is 1.66. The summed E-state index contributed by atoms with van der Waals surface area (Å²) in [4.78, 5) is 0. The highest BCUT2D eigenvalue weighted by Crippen LogP contribution is 2.26. The molecule has 3 atom stereocenters. The van der Waals surface area contributed by atoms with E-state index in [0.29, 0.717) is 13.2 Å². The van der Waals surface area contributed by atoms with E-state index in [1.54, 1.807) is 7.11 Å². The Balaban J connectivity index is 2.19. The van der Waals surface area contributed by atoms with Gasteiger partial charge in [-0.25, -0.2) is 0 Å². The van der Waals surface area contributed by atoms with Gasteiger partial charge in [0.15, 0.2) is 0 Å². The molecule has 1 fully saturated rings. The van der Waals surface area contributed by atoms with Crippen LogP contribution in [0.3, 0.4) is 0 Å². The van der Waals surface area contributed by atoms with Gasteiger partial charge in [0.25, 0.3) is 0 Å². The molecule has 0 amide bonds. The largest absolute Gasteiger partial charge is 0.382 e. The monoisotopic (exact) mass is 203 g/mol. The molecule has 0 aromatic carbocycles. The molecule has 1 aliphatic rings. The Hall–Kier alpha value is -0.160. The van der Waals surface area contributed by atoms with Crippen molar-refractivity contribution in [2.24, 2.45) is 5.73 Å². The van der Waals surface area contributed by atoms with E-state index in [0.717, 1.165) is 6.42 Å². The molecule has 4 heteroatoms. The fraction of sp³-hybridized carbons (Fsp3) is 1.00. The van der Waals surface area contributed by atoms with Gasteiger partial charge in [-0.3, -0.25) is 0 Å². The highest BCUT2D eigenvalue weighted by atomic mass is 16.6. The molecule has 1 aliphatic carbocycles. The Bertz CT molecular complexity index is 163. The van der Waals surface area contributed by atoms with Crippen molar-refractivity contribution >= 4 is 0 Å². The number of ether oxygens (including phenoxy) is 3. The van der Waals surface area contributed by atoms with Gasteiger partial charge in [0.05, 0.1) is 31.5 Å². The second-order valence-electron chi connectivity index (χ2n) is 3.95. The minimum Gasteiger partial charge on any atom is -0.382 e. The van der Waals surface area contributed by atoms with Gasteiger partial charge >= 0.3 is 0 Å². The predicted octanol–water partition coefficient (Wildman–Crippen LogP) is 0.543. The third-order valence-corrected chi connectivity index (χ3v) is 2.34. The van der Waals surface area contributed by atoms with Crippen LogP contribution < -0.4 is 5.73 Å². The second kappa shape index (κ2) is 5.66. The molecule has 0 aliphatic heterocycles. The first kappa shape index (κ1) is 11.9. The molecule has 0 bridgehead atoms. The molecular weight excluding hydrogens is 182 g/mol. The smallest absolute Gasteiger partial charge is 0.0989 e. The molecule has 0 saturated heterocycles. The van der Waals surface area contributed by atoms with Crippen LogP contribution in [0.4, 0.5) is 0 Å². The number of hydrogen-bond donors (Lipinski definition) is 1. The summed E-state index contributed by atoms with van der Waals surface area (Å²) in [6, 6.07) is 0.121. The van der Waals surface area contributed by atoms with Crippen molar-refractivity contribution in [1.82, 2.24) is 0 Å². The third-order valence-electron chi connectivity index (χ3n) is 2.34. The molecule has 4 nitrogen and oxygen atoms in total. The number of nitrogens with two attached hydrogens (primary N) is 1. The van der Waals surface area contributed by atoms with E-state index in [9.17, 15) is 0 Å². The van der Waals surface area contributed by atoms with Gasteiger partial charge in [0.1, 0.15) is 0 Å². The van der Waals surface area contributed by atoms with Crippen molar-refractivity contribution in [2.75, 3.05) is 20.3 Å². The van der Waals surface area contributed by atoms with Crippen molar-refractivity contribution in [3.05, 3.63) is 0 Å². The lowest BCUT2D eigenvalue weighted by Gasteiger charge is -2.42. The first-order valence-corrected chi connectivity index (χ1v) is 5.16. The summed E-state index contributed by atoms with van der Waals surface area (Å²) in [6.45, 7) is 5.25. The fourth-order valence-electron chi connectivity index (χ4n) is 1.60. The topological polar surface area (TPSA) is 53.7 Å². The highest BCUT2D eigenvalue weighted by Gasteiger charge is 2.40. The van der Waals surface area contributed by atoms with E-state index in [-0.39, 0.29) is 24.4 Å². The van der Waals surface area contributed by atoms with Crippen LogP contribution in [0.25, 0.3) is 0 Å². The van der Waals surface area contributed by atoms with E-state index in [2.05, 4.69) is 0 Å². The molecule has 1 saturated carbocycles. The van der Waals surface area contributed by atoms with Gasteiger partial charge in [-0.2, -0.15) is 0 Å². The Morgan fingerprint density at radius 3 is 2.57 bits per heavy atom. The summed E-state index contributed by atoms with van der Waals surface area (Å²) in [5.41, 5.74) is 5.83. The van der Waals surface area contributed by atoms with Crippen LogP contribution >= 0.6 is 0 Å². The molecule has 3 unspecified atom stereocenters. The third kappa shape index (κ3) is 3.20. The summed E-state index contributed by atoms with van der Waals surface area (Å²) < 4.78 is 16.1. The quantitative estimate of drug-likeness (QED) is 0.640. The van der Waals surface area contributed by atoms with Crippen LogP contribution in [-0.4, -0.2) is 44.7 Å². The fourth-order valence-corrected chi connectivity index (χ4v) is 1.60. The maximum absolute atomic E-state index is 5.83. The lowest BCUT2D eigenvalue weighted by atomic mass is 9.86. The minimum absolute atomic E-state index is 0.0487. The Labute approximate surface area is 85.7 Å². The van der Waals surface area contributed by atoms with Crippen LogP contribution in [-0.2, 0) is 14.2 Å². The summed E-state index contributed by atoms with van der Waals surface area (Å²) in [6.07, 6.45) is 1.35. The minimum atomic E-state index is 0.0487. The average molecular weight is 203 g/mol. The molecule has 0 aromatic rings. The predicted molar refractivity (Wildman–Crippen MR) is 54.2 cm³/mol. The van der Waals surface area contributed by atoms with E-state index < -0.39 is 0 Å². The van der Waals surface area contributed by atoms with Crippen molar-refractivity contribution in [3.63, 3.8) is 0 Å². The Kier molecular flexibility index (Phi) is 4.81. The molecule has 0 spiro atoms. The van der Waals surface area contributed by atoms with Crippen molar-refractivity contribution in [3.8, 4) is 0 Å². The van der Waals surface area contributed by atoms with E-state index >= 15 is 0 Å². The van der Waals surface area contributed by atoms with Crippen LogP contribution in [0, 0.1) is 0 Å². The zero-order valence-corrected chi connectivity index (χ0v) is 9.23. The molecule has 1 rings (SSSR count). The van der Waals surface area contributed by atoms with Crippen LogP contribution in [0.1, 0.15) is 20.3 Å². The van der Waals surface area contributed by atoms with Crippen molar-refractivity contribution in [2.45, 2.75) is 44.6 Å². The molecule has 84 valence electrons. The summed E-state index contributed by atoms with van der Waals surface area (Å²) >= 11 is 0. The van der Waals surface area contributed by atoms with Crippen LogP contribution in [0.5, 0.6) is 0 Å². The molecular formula is C10H21NO3. The number of rotatable bonds is 6. The van der Waals surface area contributed by atoms with Gasteiger partial charge in [0, 0.05) is 13.2 Å². The van der Waals surface area contributed by atoms with Gasteiger partial charge < -0.3 is 19.9 Å². The Morgan fingerprint density at radius 2 is 2.07 bits per heavy atom. The molecule has 2 N–H and O–H groups in total. The molecule has 14 heavy (non-hydrogen) atoms. The van der Waals surface area contributed by atoms with Gasteiger partial charge in [-0.15, -0.1) is 0 Å². The summed E-state index contributed by atoms with van der Waals surface area (Å²) in [5, 5.41) is 0.